The van der Waals surface area contributed by atoms with Gasteiger partial charge in [0.2, 0.25) is 5.91 Å². The Kier molecular flexibility index (Phi) is 5.25. The second kappa shape index (κ2) is 7.63. The third-order valence-corrected chi connectivity index (χ3v) is 7.31. The van der Waals surface area contributed by atoms with Crippen LogP contribution in [0, 0.1) is 12.8 Å². The van der Waals surface area contributed by atoms with Crippen LogP contribution in [-0.2, 0) is 4.79 Å². The van der Waals surface area contributed by atoms with Crippen LogP contribution in [0.1, 0.15) is 60.9 Å². The van der Waals surface area contributed by atoms with E-state index in [9.17, 15) is 9.59 Å². The van der Waals surface area contributed by atoms with E-state index in [1.54, 1.807) is 0 Å². The molecule has 0 spiro atoms. The predicted octanol–water partition coefficient (Wildman–Crippen LogP) is 3.74. The molecule has 140 valence electrons. The summed E-state index contributed by atoms with van der Waals surface area (Å²) in [7, 11) is 0. The van der Waals surface area contributed by atoms with E-state index in [-0.39, 0.29) is 23.2 Å². The Labute approximate surface area is 160 Å². The summed E-state index contributed by atoms with van der Waals surface area (Å²) in [5.74, 6) is 1.29. The molecule has 2 amide bonds. The lowest BCUT2D eigenvalue weighted by Gasteiger charge is -2.35. The Morgan fingerprint density at radius 2 is 1.73 bits per heavy atom. The van der Waals surface area contributed by atoms with E-state index in [1.807, 2.05) is 47.9 Å². The molecule has 4 rings (SSSR count). The van der Waals surface area contributed by atoms with Crippen LogP contribution >= 0.6 is 11.8 Å². The van der Waals surface area contributed by atoms with Gasteiger partial charge in [-0.2, -0.15) is 0 Å². The molecule has 26 heavy (non-hydrogen) atoms. The average molecular weight is 373 g/mol. The summed E-state index contributed by atoms with van der Waals surface area (Å²) in [4.78, 5) is 28.1. The number of hydrogen-bond acceptors (Lipinski definition) is 3. The van der Waals surface area contributed by atoms with Crippen LogP contribution in [0.25, 0.3) is 0 Å². The molecule has 2 aliphatic carbocycles. The van der Waals surface area contributed by atoms with Crippen LogP contribution in [0.15, 0.2) is 24.3 Å². The van der Waals surface area contributed by atoms with Gasteiger partial charge in [-0.3, -0.25) is 9.59 Å². The lowest BCUT2D eigenvalue weighted by atomic mass is 9.88. The third-order valence-electron chi connectivity index (χ3n) is 5.85. The molecule has 0 aromatic heterocycles. The highest BCUT2D eigenvalue weighted by molar-refractivity contribution is 8.00. The van der Waals surface area contributed by atoms with Crippen molar-refractivity contribution in [1.29, 1.82) is 0 Å². The summed E-state index contributed by atoms with van der Waals surface area (Å²) < 4.78 is 0. The molecule has 0 unspecified atom stereocenters. The molecule has 0 radical (unpaired) electrons. The van der Waals surface area contributed by atoms with Gasteiger partial charge >= 0.3 is 0 Å². The molecule has 3 aliphatic rings. The minimum Gasteiger partial charge on any atom is -0.352 e. The SMILES string of the molecule is Cc1ccc(C(=O)N2[C@@H](C(=O)NC3CC3)CS[C@H]2C2CCCCC2)cc1. The summed E-state index contributed by atoms with van der Waals surface area (Å²) in [6.07, 6.45) is 8.28. The molecular weight excluding hydrogens is 344 g/mol. The van der Waals surface area contributed by atoms with Crippen molar-refractivity contribution >= 4 is 23.6 Å². The molecule has 1 saturated heterocycles. The Bertz CT molecular complexity index is 665. The van der Waals surface area contributed by atoms with Gasteiger partial charge in [-0.1, -0.05) is 37.0 Å². The molecule has 1 heterocycles. The largest absolute Gasteiger partial charge is 0.352 e. The van der Waals surface area contributed by atoms with E-state index in [4.69, 9.17) is 0 Å². The van der Waals surface area contributed by atoms with Crippen LogP contribution in [0.5, 0.6) is 0 Å². The predicted molar refractivity (Wildman–Crippen MR) is 105 cm³/mol. The molecule has 2 atom stereocenters. The van der Waals surface area contributed by atoms with E-state index >= 15 is 0 Å². The molecule has 1 N–H and O–H groups in total. The van der Waals surface area contributed by atoms with Crippen molar-refractivity contribution < 1.29 is 9.59 Å². The molecule has 0 bridgehead atoms. The van der Waals surface area contributed by atoms with E-state index in [0.29, 0.717) is 17.5 Å². The lowest BCUT2D eigenvalue weighted by molar-refractivity contribution is -0.125. The van der Waals surface area contributed by atoms with Gasteiger partial charge < -0.3 is 10.2 Å². The zero-order chi connectivity index (χ0) is 18.1. The maximum Gasteiger partial charge on any atom is 0.255 e. The fourth-order valence-electron chi connectivity index (χ4n) is 4.14. The number of amides is 2. The van der Waals surface area contributed by atoms with Crippen LogP contribution < -0.4 is 5.32 Å². The zero-order valence-electron chi connectivity index (χ0n) is 15.4. The smallest absolute Gasteiger partial charge is 0.255 e. The highest BCUT2D eigenvalue weighted by Gasteiger charge is 2.45. The normalized spacial score (nSPS) is 26.7. The molecule has 5 heteroatoms. The Balaban J connectivity index is 1.58. The van der Waals surface area contributed by atoms with Crippen molar-refractivity contribution in [2.75, 3.05) is 5.75 Å². The van der Waals surface area contributed by atoms with Crippen molar-refractivity contribution in [2.24, 2.45) is 5.92 Å². The van der Waals surface area contributed by atoms with Crippen molar-refractivity contribution in [3.63, 3.8) is 0 Å². The summed E-state index contributed by atoms with van der Waals surface area (Å²) >= 11 is 1.81. The van der Waals surface area contributed by atoms with Gasteiger partial charge in [0.25, 0.3) is 5.91 Å². The third kappa shape index (κ3) is 3.78. The van der Waals surface area contributed by atoms with Crippen LogP contribution in [0.3, 0.4) is 0 Å². The number of carbonyl (C=O) groups excluding carboxylic acids is 2. The first-order valence-electron chi connectivity index (χ1n) is 9.95. The first-order chi connectivity index (χ1) is 12.6. The van der Waals surface area contributed by atoms with Crippen molar-refractivity contribution in [1.82, 2.24) is 10.2 Å². The number of hydrogen-bond donors (Lipinski definition) is 1. The Morgan fingerprint density at radius 3 is 2.38 bits per heavy atom. The van der Waals surface area contributed by atoms with Crippen LogP contribution in [0.2, 0.25) is 0 Å². The van der Waals surface area contributed by atoms with Crippen molar-refractivity contribution in [3.8, 4) is 0 Å². The second-order valence-corrected chi connectivity index (χ2v) is 9.15. The van der Waals surface area contributed by atoms with Gasteiger partial charge in [0, 0.05) is 17.4 Å². The van der Waals surface area contributed by atoms with E-state index in [0.717, 1.165) is 24.2 Å². The lowest BCUT2D eigenvalue weighted by Crippen LogP contribution is -2.51. The average Bonchev–Trinajstić information content (AvgIpc) is 3.36. The number of nitrogens with zero attached hydrogens (tertiary/aromatic N) is 1. The van der Waals surface area contributed by atoms with E-state index < -0.39 is 0 Å². The topological polar surface area (TPSA) is 49.4 Å². The molecule has 3 fully saturated rings. The number of aryl methyl sites for hydroxylation is 1. The Morgan fingerprint density at radius 1 is 1.04 bits per heavy atom. The molecule has 4 nitrogen and oxygen atoms in total. The van der Waals surface area contributed by atoms with Gasteiger partial charge in [-0.05, 0) is 50.7 Å². The highest BCUT2D eigenvalue weighted by Crippen LogP contribution is 2.41. The molecule has 1 aliphatic heterocycles. The minimum atomic E-state index is -0.332. The summed E-state index contributed by atoms with van der Waals surface area (Å²) in [5, 5.41) is 3.26. The van der Waals surface area contributed by atoms with E-state index in [2.05, 4.69) is 5.32 Å². The first-order valence-corrected chi connectivity index (χ1v) is 11.0. The molecular formula is C21H28N2O2S. The van der Waals surface area contributed by atoms with Gasteiger partial charge in [0.15, 0.2) is 0 Å². The number of rotatable bonds is 4. The van der Waals surface area contributed by atoms with Gasteiger partial charge in [-0.15, -0.1) is 11.8 Å². The van der Waals surface area contributed by atoms with Gasteiger partial charge in [0.1, 0.15) is 6.04 Å². The zero-order valence-corrected chi connectivity index (χ0v) is 16.3. The van der Waals surface area contributed by atoms with Crippen molar-refractivity contribution in [2.45, 2.75) is 69.3 Å². The summed E-state index contributed by atoms with van der Waals surface area (Å²) in [5.41, 5.74) is 1.84. The number of nitrogens with one attached hydrogen (secondary N) is 1. The molecule has 1 aromatic rings. The Hall–Kier alpha value is -1.49. The minimum absolute atomic E-state index is 0.0153. The first kappa shape index (κ1) is 17.9. The molecule has 2 saturated carbocycles. The standard InChI is InChI=1S/C21H28N2O2S/c1-14-7-9-15(10-8-14)20(25)23-18(19(24)22-17-11-12-17)13-26-21(23)16-5-3-2-4-6-16/h7-10,16-18,21H,2-6,11-13H2,1H3,(H,22,24)/t18-,21+/m1/s1. The van der Waals surface area contributed by atoms with Crippen molar-refractivity contribution in [3.05, 3.63) is 35.4 Å². The summed E-state index contributed by atoms with van der Waals surface area (Å²) in [6.45, 7) is 2.02. The quantitative estimate of drug-likeness (QED) is 0.876. The molecule has 1 aromatic carbocycles. The maximum absolute atomic E-state index is 13.4. The monoisotopic (exact) mass is 372 g/mol. The number of benzene rings is 1. The van der Waals surface area contributed by atoms with E-state index in [1.165, 1.54) is 32.1 Å². The second-order valence-electron chi connectivity index (χ2n) is 8.00. The number of carbonyl (C=O) groups is 2. The highest BCUT2D eigenvalue weighted by atomic mass is 32.2. The van der Waals surface area contributed by atoms with Gasteiger partial charge in [0.05, 0.1) is 5.37 Å². The maximum atomic E-state index is 13.4. The van der Waals surface area contributed by atoms with Crippen LogP contribution in [-0.4, -0.2) is 39.9 Å². The fourth-order valence-corrected chi connectivity index (χ4v) is 5.78. The summed E-state index contributed by atoms with van der Waals surface area (Å²) in [6, 6.07) is 7.75. The fraction of sp³-hybridized carbons (Fsp3) is 0.619. The van der Waals surface area contributed by atoms with Gasteiger partial charge in [-0.25, -0.2) is 0 Å². The number of thioether (sulfide) groups is 1. The van der Waals surface area contributed by atoms with Crippen LogP contribution in [0.4, 0.5) is 0 Å².